The van der Waals surface area contributed by atoms with E-state index in [0.717, 1.165) is 48.6 Å². The SMILES string of the molecule is CSc1ccc(NC(=O)N2CCC(Cc3nc4cccnc4n3C(C)C)C2)cc1. The molecule has 3 heterocycles. The first-order valence-electron chi connectivity index (χ1n) is 10.1. The Labute approximate surface area is 175 Å². The third kappa shape index (κ3) is 4.24. The molecular weight excluding hydrogens is 382 g/mol. The minimum atomic E-state index is -0.0246. The number of fused-ring (bicyclic) bond motifs is 1. The second-order valence-corrected chi connectivity index (χ2v) is 8.68. The number of urea groups is 1. The van der Waals surface area contributed by atoms with Crippen LogP contribution in [-0.4, -0.2) is 44.8 Å². The number of benzene rings is 1. The highest BCUT2D eigenvalue weighted by atomic mass is 32.2. The lowest BCUT2D eigenvalue weighted by molar-refractivity contribution is 0.220. The largest absolute Gasteiger partial charge is 0.324 e. The second kappa shape index (κ2) is 8.45. The molecule has 4 rings (SSSR count). The van der Waals surface area contributed by atoms with Crippen molar-refractivity contribution in [2.24, 2.45) is 5.92 Å². The first-order chi connectivity index (χ1) is 14.0. The summed E-state index contributed by atoms with van der Waals surface area (Å²) in [5.74, 6) is 1.47. The van der Waals surface area contributed by atoms with E-state index in [0.29, 0.717) is 12.0 Å². The first-order valence-corrected chi connectivity index (χ1v) is 11.3. The number of likely N-dealkylation sites (tertiary alicyclic amines) is 1. The fourth-order valence-corrected chi connectivity index (χ4v) is 4.39. The summed E-state index contributed by atoms with van der Waals surface area (Å²) in [6, 6.07) is 12.2. The number of nitrogens with one attached hydrogen (secondary N) is 1. The molecule has 3 aromatic rings. The van der Waals surface area contributed by atoms with Crippen molar-refractivity contribution in [3.63, 3.8) is 0 Å². The molecule has 1 aromatic carbocycles. The molecule has 0 bridgehead atoms. The Balaban J connectivity index is 1.41. The van der Waals surface area contributed by atoms with Crippen LogP contribution in [0.3, 0.4) is 0 Å². The summed E-state index contributed by atoms with van der Waals surface area (Å²) < 4.78 is 2.23. The van der Waals surface area contributed by atoms with Gasteiger partial charge in [0.1, 0.15) is 11.3 Å². The quantitative estimate of drug-likeness (QED) is 0.613. The van der Waals surface area contributed by atoms with Crippen molar-refractivity contribution in [3.05, 3.63) is 48.4 Å². The van der Waals surface area contributed by atoms with Crippen LogP contribution in [0.4, 0.5) is 10.5 Å². The van der Waals surface area contributed by atoms with Gasteiger partial charge >= 0.3 is 6.03 Å². The molecule has 1 N–H and O–H groups in total. The lowest BCUT2D eigenvalue weighted by atomic mass is 10.0. The lowest BCUT2D eigenvalue weighted by Crippen LogP contribution is -2.33. The molecule has 29 heavy (non-hydrogen) atoms. The molecule has 1 unspecified atom stereocenters. The molecule has 7 heteroatoms. The smallest absolute Gasteiger partial charge is 0.321 e. The third-order valence-electron chi connectivity index (χ3n) is 5.42. The first kappa shape index (κ1) is 19.8. The molecule has 1 atom stereocenters. The summed E-state index contributed by atoms with van der Waals surface area (Å²) in [5, 5.41) is 3.02. The van der Waals surface area contributed by atoms with Gasteiger partial charge in [0.05, 0.1) is 0 Å². The Kier molecular flexibility index (Phi) is 5.76. The van der Waals surface area contributed by atoms with Crippen LogP contribution in [0, 0.1) is 5.92 Å². The molecule has 2 aromatic heterocycles. The zero-order valence-corrected chi connectivity index (χ0v) is 17.9. The molecule has 1 fully saturated rings. The van der Waals surface area contributed by atoms with Gasteiger partial charge < -0.3 is 14.8 Å². The van der Waals surface area contributed by atoms with Gasteiger partial charge in [-0.3, -0.25) is 0 Å². The summed E-state index contributed by atoms with van der Waals surface area (Å²) in [4.78, 5) is 25.1. The number of pyridine rings is 1. The van der Waals surface area contributed by atoms with Crippen LogP contribution in [0.25, 0.3) is 11.2 Å². The van der Waals surface area contributed by atoms with E-state index in [1.54, 1.807) is 11.8 Å². The summed E-state index contributed by atoms with van der Waals surface area (Å²) in [6.07, 6.45) is 5.72. The van der Waals surface area contributed by atoms with E-state index in [1.807, 2.05) is 53.8 Å². The molecule has 0 radical (unpaired) electrons. The van der Waals surface area contributed by atoms with Crippen LogP contribution in [-0.2, 0) is 6.42 Å². The zero-order chi connectivity index (χ0) is 20.4. The summed E-state index contributed by atoms with van der Waals surface area (Å²) in [7, 11) is 0. The lowest BCUT2D eigenvalue weighted by Gasteiger charge is -2.18. The van der Waals surface area contributed by atoms with Crippen molar-refractivity contribution < 1.29 is 4.79 Å². The van der Waals surface area contributed by atoms with E-state index < -0.39 is 0 Å². The van der Waals surface area contributed by atoms with Crippen molar-refractivity contribution in [2.75, 3.05) is 24.7 Å². The molecule has 0 saturated carbocycles. The van der Waals surface area contributed by atoms with Gasteiger partial charge in [0.2, 0.25) is 0 Å². The molecule has 0 spiro atoms. The van der Waals surface area contributed by atoms with E-state index in [4.69, 9.17) is 4.98 Å². The van der Waals surface area contributed by atoms with Crippen LogP contribution in [0.15, 0.2) is 47.5 Å². The van der Waals surface area contributed by atoms with Gasteiger partial charge in [-0.15, -0.1) is 11.8 Å². The maximum absolute atomic E-state index is 12.7. The fourth-order valence-electron chi connectivity index (χ4n) is 3.98. The number of imidazole rings is 1. The van der Waals surface area contributed by atoms with Crippen molar-refractivity contribution in [3.8, 4) is 0 Å². The Hall–Kier alpha value is -2.54. The molecule has 152 valence electrons. The summed E-state index contributed by atoms with van der Waals surface area (Å²) in [6.45, 7) is 5.86. The number of rotatable bonds is 5. The predicted octanol–water partition coefficient (Wildman–Crippen LogP) is 4.83. The fraction of sp³-hybridized carbons (Fsp3) is 0.409. The van der Waals surface area contributed by atoms with Gasteiger partial charge in [-0.2, -0.15) is 0 Å². The van der Waals surface area contributed by atoms with Crippen LogP contribution in [0.5, 0.6) is 0 Å². The molecule has 1 saturated heterocycles. The van der Waals surface area contributed by atoms with Crippen LogP contribution < -0.4 is 5.32 Å². The van der Waals surface area contributed by atoms with Gasteiger partial charge in [-0.05, 0) is 68.8 Å². The molecule has 1 aliphatic heterocycles. The van der Waals surface area contributed by atoms with Crippen molar-refractivity contribution in [1.82, 2.24) is 19.4 Å². The van der Waals surface area contributed by atoms with Crippen LogP contribution in [0.1, 0.15) is 32.1 Å². The highest BCUT2D eigenvalue weighted by Crippen LogP contribution is 2.26. The van der Waals surface area contributed by atoms with E-state index in [1.165, 1.54) is 4.90 Å². The normalized spacial score (nSPS) is 16.7. The van der Waals surface area contributed by atoms with E-state index in [-0.39, 0.29) is 6.03 Å². The highest BCUT2D eigenvalue weighted by Gasteiger charge is 2.28. The van der Waals surface area contributed by atoms with Crippen molar-refractivity contribution >= 4 is 34.6 Å². The average molecular weight is 410 g/mol. The zero-order valence-electron chi connectivity index (χ0n) is 17.1. The molecule has 1 aliphatic rings. The maximum atomic E-state index is 12.7. The number of amides is 2. The number of thioether (sulfide) groups is 1. The van der Waals surface area contributed by atoms with Gasteiger partial charge in [0.15, 0.2) is 5.65 Å². The summed E-state index contributed by atoms with van der Waals surface area (Å²) >= 11 is 1.69. The van der Waals surface area contributed by atoms with Crippen LogP contribution in [0.2, 0.25) is 0 Å². The number of carbonyl (C=O) groups excluding carboxylic acids is 1. The minimum Gasteiger partial charge on any atom is -0.324 e. The Morgan fingerprint density at radius 2 is 2.07 bits per heavy atom. The van der Waals surface area contributed by atoms with Crippen molar-refractivity contribution in [2.45, 2.75) is 37.6 Å². The maximum Gasteiger partial charge on any atom is 0.321 e. The number of anilines is 1. The van der Waals surface area contributed by atoms with Gasteiger partial charge in [-0.1, -0.05) is 0 Å². The number of carbonyl (C=O) groups is 1. The number of hydrogen-bond donors (Lipinski definition) is 1. The van der Waals surface area contributed by atoms with E-state index in [9.17, 15) is 4.79 Å². The standard InChI is InChI=1S/C22H27N5OS/c1-15(2)27-20(25-19-5-4-11-23-21(19)27)13-16-10-12-26(14-16)22(28)24-17-6-8-18(29-3)9-7-17/h4-9,11,15-16H,10,12-14H2,1-3H3,(H,24,28). The predicted molar refractivity (Wildman–Crippen MR) is 119 cm³/mol. The van der Waals surface area contributed by atoms with Gasteiger partial charge in [0, 0.05) is 42.3 Å². The Morgan fingerprint density at radius 3 is 2.79 bits per heavy atom. The summed E-state index contributed by atoms with van der Waals surface area (Å²) in [5.41, 5.74) is 2.72. The highest BCUT2D eigenvalue weighted by molar-refractivity contribution is 7.98. The molecule has 2 amide bonds. The molecule has 6 nitrogen and oxygen atoms in total. The van der Waals surface area contributed by atoms with Crippen molar-refractivity contribution in [1.29, 1.82) is 0 Å². The number of hydrogen-bond acceptors (Lipinski definition) is 4. The minimum absolute atomic E-state index is 0.0246. The number of nitrogens with zero attached hydrogens (tertiary/aromatic N) is 4. The Morgan fingerprint density at radius 1 is 1.28 bits per heavy atom. The number of aromatic nitrogens is 3. The average Bonchev–Trinajstić information content (AvgIpc) is 3.33. The van der Waals surface area contributed by atoms with Crippen LogP contribution >= 0.6 is 11.8 Å². The molecule has 0 aliphatic carbocycles. The van der Waals surface area contributed by atoms with E-state index in [2.05, 4.69) is 28.7 Å². The van der Waals surface area contributed by atoms with Gasteiger partial charge in [-0.25, -0.2) is 14.8 Å². The molecular formula is C22H27N5OS. The second-order valence-electron chi connectivity index (χ2n) is 7.80. The van der Waals surface area contributed by atoms with Gasteiger partial charge in [0.25, 0.3) is 0 Å². The Bertz CT molecular complexity index is 998. The van der Waals surface area contributed by atoms with E-state index >= 15 is 0 Å². The third-order valence-corrected chi connectivity index (χ3v) is 6.17. The topological polar surface area (TPSA) is 63.1 Å². The monoisotopic (exact) mass is 409 g/mol.